The molecule has 3 rings (SSSR count). The van der Waals surface area contributed by atoms with Crippen molar-refractivity contribution in [3.63, 3.8) is 0 Å². The van der Waals surface area contributed by atoms with Crippen LogP contribution in [0, 0.1) is 13.8 Å². The molecule has 2 aromatic carbocycles. The highest BCUT2D eigenvalue weighted by atomic mass is 79.9. The van der Waals surface area contributed by atoms with Gasteiger partial charge in [0, 0.05) is 10.0 Å². The van der Waals surface area contributed by atoms with Gasteiger partial charge < -0.3 is 9.15 Å². The smallest absolute Gasteiger partial charge is 0.254 e. The molecule has 4 nitrogen and oxygen atoms in total. The first kappa shape index (κ1) is 14.8. The minimum Gasteiger partial charge on any atom is -0.484 e. The molecule has 0 saturated carbocycles. The first-order chi connectivity index (χ1) is 10.6. The molecule has 0 spiro atoms. The molecule has 0 unspecified atom stereocenters. The third-order valence-electron chi connectivity index (χ3n) is 3.12. The van der Waals surface area contributed by atoms with Crippen molar-refractivity contribution in [1.29, 1.82) is 0 Å². The molecule has 0 amide bonds. The summed E-state index contributed by atoms with van der Waals surface area (Å²) in [4.78, 5) is 0. The van der Waals surface area contributed by atoms with Crippen LogP contribution in [0.4, 0.5) is 0 Å². The second kappa shape index (κ2) is 6.32. The summed E-state index contributed by atoms with van der Waals surface area (Å²) in [6, 6.07) is 13.8. The topological polar surface area (TPSA) is 48.2 Å². The van der Waals surface area contributed by atoms with Crippen LogP contribution in [0.1, 0.15) is 17.0 Å². The molecule has 5 heteroatoms. The highest BCUT2D eigenvalue weighted by Crippen LogP contribution is 2.22. The lowest BCUT2D eigenvalue weighted by atomic mass is 10.1. The van der Waals surface area contributed by atoms with Gasteiger partial charge in [-0.25, -0.2) is 0 Å². The van der Waals surface area contributed by atoms with Crippen LogP contribution >= 0.6 is 15.9 Å². The van der Waals surface area contributed by atoms with E-state index in [4.69, 9.17) is 9.15 Å². The molecule has 112 valence electrons. The van der Waals surface area contributed by atoms with Crippen LogP contribution in [0.25, 0.3) is 11.5 Å². The number of hydrogen-bond donors (Lipinski definition) is 0. The Morgan fingerprint density at radius 3 is 2.36 bits per heavy atom. The fraction of sp³-hybridized carbons (Fsp3) is 0.176. The van der Waals surface area contributed by atoms with E-state index in [1.807, 2.05) is 50.2 Å². The highest BCUT2D eigenvalue weighted by molar-refractivity contribution is 9.10. The average Bonchev–Trinajstić information content (AvgIpc) is 2.94. The molecule has 22 heavy (non-hydrogen) atoms. The maximum atomic E-state index is 5.72. The number of rotatable bonds is 4. The summed E-state index contributed by atoms with van der Waals surface area (Å²) >= 11 is 3.40. The SMILES string of the molecule is Cc1cc(C)cc(OCc2nnc(-c3ccc(Br)cc3)o2)c1. The largest absolute Gasteiger partial charge is 0.484 e. The molecule has 0 saturated heterocycles. The lowest BCUT2D eigenvalue weighted by molar-refractivity contribution is 0.264. The molecule has 0 aliphatic carbocycles. The van der Waals surface area contributed by atoms with Gasteiger partial charge in [-0.15, -0.1) is 10.2 Å². The zero-order valence-electron chi connectivity index (χ0n) is 12.3. The summed E-state index contributed by atoms with van der Waals surface area (Å²) in [7, 11) is 0. The Bertz CT molecular complexity index is 761. The number of nitrogens with zero attached hydrogens (tertiary/aromatic N) is 2. The first-order valence-electron chi connectivity index (χ1n) is 6.89. The zero-order chi connectivity index (χ0) is 15.5. The maximum absolute atomic E-state index is 5.72. The molecule has 0 N–H and O–H groups in total. The Hall–Kier alpha value is -2.14. The molecule has 1 aromatic heterocycles. The van der Waals surface area contributed by atoms with Gasteiger partial charge >= 0.3 is 0 Å². The van der Waals surface area contributed by atoms with E-state index in [1.54, 1.807) is 0 Å². The van der Waals surface area contributed by atoms with E-state index in [0.717, 1.165) is 26.9 Å². The monoisotopic (exact) mass is 358 g/mol. The summed E-state index contributed by atoms with van der Waals surface area (Å²) < 4.78 is 12.4. The first-order valence-corrected chi connectivity index (χ1v) is 7.69. The van der Waals surface area contributed by atoms with Crippen LogP contribution < -0.4 is 4.74 Å². The number of halogens is 1. The van der Waals surface area contributed by atoms with Gasteiger partial charge in [-0.3, -0.25) is 0 Å². The molecule has 0 atom stereocenters. The van der Waals surface area contributed by atoms with Crippen molar-refractivity contribution in [1.82, 2.24) is 10.2 Å². The lowest BCUT2D eigenvalue weighted by Gasteiger charge is -2.05. The van der Waals surface area contributed by atoms with E-state index in [9.17, 15) is 0 Å². The Kier molecular flexibility index (Phi) is 4.24. The van der Waals surface area contributed by atoms with Crippen molar-refractivity contribution in [2.75, 3.05) is 0 Å². The van der Waals surface area contributed by atoms with E-state index in [0.29, 0.717) is 11.8 Å². The molecular weight excluding hydrogens is 344 g/mol. The number of ether oxygens (including phenoxy) is 1. The van der Waals surface area contributed by atoms with E-state index in [1.165, 1.54) is 0 Å². The van der Waals surface area contributed by atoms with Crippen molar-refractivity contribution in [2.45, 2.75) is 20.5 Å². The van der Waals surface area contributed by atoms with Crippen LogP contribution in [-0.4, -0.2) is 10.2 Å². The van der Waals surface area contributed by atoms with Crippen molar-refractivity contribution < 1.29 is 9.15 Å². The Balaban J connectivity index is 1.70. The minimum atomic E-state index is 0.256. The van der Waals surface area contributed by atoms with Crippen molar-refractivity contribution >= 4 is 15.9 Å². The molecule has 0 bridgehead atoms. The summed E-state index contributed by atoms with van der Waals surface area (Å²) in [5.74, 6) is 1.75. The Morgan fingerprint density at radius 2 is 1.68 bits per heavy atom. The van der Waals surface area contributed by atoms with E-state index < -0.39 is 0 Å². The maximum Gasteiger partial charge on any atom is 0.254 e. The molecule has 0 aliphatic heterocycles. The van der Waals surface area contributed by atoms with Crippen LogP contribution in [0.3, 0.4) is 0 Å². The standard InChI is InChI=1S/C17H15BrN2O2/c1-11-7-12(2)9-15(8-11)21-10-16-19-20-17(22-16)13-3-5-14(18)6-4-13/h3-9H,10H2,1-2H3. The fourth-order valence-electron chi connectivity index (χ4n) is 2.18. The second-order valence-electron chi connectivity index (χ2n) is 5.12. The van der Waals surface area contributed by atoms with Gasteiger partial charge in [0.2, 0.25) is 5.89 Å². The number of hydrogen-bond acceptors (Lipinski definition) is 4. The number of aromatic nitrogens is 2. The highest BCUT2D eigenvalue weighted by Gasteiger charge is 2.09. The van der Waals surface area contributed by atoms with Gasteiger partial charge in [-0.1, -0.05) is 22.0 Å². The zero-order valence-corrected chi connectivity index (χ0v) is 13.9. The predicted octanol–water partition coefficient (Wildman–Crippen LogP) is 4.69. The van der Waals surface area contributed by atoms with Crippen LogP contribution in [0.2, 0.25) is 0 Å². The van der Waals surface area contributed by atoms with Gasteiger partial charge in [-0.2, -0.15) is 0 Å². The Morgan fingerprint density at radius 1 is 1.00 bits per heavy atom. The normalized spacial score (nSPS) is 10.7. The van der Waals surface area contributed by atoms with Gasteiger partial charge in [0.25, 0.3) is 5.89 Å². The van der Waals surface area contributed by atoms with Gasteiger partial charge in [0.15, 0.2) is 6.61 Å². The molecular formula is C17H15BrN2O2. The summed E-state index contributed by atoms with van der Waals surface area (Å²) in [5, 5.41) is 8.07. The third-order valence-corrected chi connectivity index (χ3v) is 3.64. The summed E-state index contributed by atoms with van der Waals surface area (Å²) in [6.45, 7) is 4.34. The summed E-state index contributed by atoms with van der Waals surface area (Å²) in [5.41, 5.74) is 3.21. The van der Waals surface area contributed by atoms with Crippen LogP contribution in [0.5, 0.6) is 5.75 Å². The quantitative estimate of drug-likeness (QED) is 0.678. The second-order valence-corrected chi connectivity index (χ2v) is 6.04. The number of aryl methyl sites for hydroxylation is 2. The molecule has 0 fully saturated rings. The van der Waals surface area contributed by atoms with E-state index in [2.05, 4.69) is 32.2 Å². The van der Waals surface area contributed by atoms with Crippen molar-refractivity contribution in [3.05, 3.63) is 64.0 Å². The average molecular weight is 359 g/mol. The Labute approximate surface area is 137 Å². The van der Waals surface area contributed by atoms with Crippen LogP contribution in [-0.2, 0) is 6.61 Å². The summed E-state index contributed by atoms with van der Waals surface area (Å²) in [6.07, 6.45) is 0. The third kappa shape index (κ3) is 3.54. The van der Waals surface area contributed by atoms with Crippen LogP contribution in [0.15, 0.2) is 51.4 Å². The molecule has 0 radical (unpaired) electrons. The number of benzene rings is 2. The van der Waals surface area contributed by atoms with Gasteiger partial charge in [0.1, 0.15) is 5.75 Å². The lowest BCUT2D eigenvalue weighted by Crippen LogP contribution is -1.96. The minimum absolute atomic E-state index is 0.256. The van der Waals surface area contributed by atoms with Crippen molar-refractivity contribution in [3.8, 4) is 17.2 Å². The van der Waals surface area contributed by atoms with Gasteiger partial charge in [-0.05, 0) is 61.4 Å². The van der Waals surface area contributed by atoms with Gasteiger partial charge in [0.05, 0.1) is 0 Å². The predicted molar refractivity (Wildman–Crippen MR) is 87.7 cm³/mol. The van der Waals surface area contributed by atoms with E-state index >= 15 is 0 Å². The molecule has 3 aromatic rings. The molecule has 0 aliphatic rings. The fourth-order valence-corrected chi connectivity index (χ4v) is 2.45. The van der Waals surface area contributed by atoms with Crippen molar-refractivity contribution in [2.24, 2.45) is 0 Å². The molecule has 1 heterocycles. The van der Waals surface area contributed by atoms with E-state index in [-0.39, 0.29) is 6.61 Å².